The molecule has 0 bridgehead atoms. The minimum Gasteiger partial charge on any atom is -0.392 e. The molecule has 0 aromatic heterocycles. The lowest BCUT2D eigenvalue weighted by atomic mass is 10.2. The fraction of sp³-hybridized carbons (Fsp3) is 0.667. The highest BCUT2D eigenvalue weighted by molar-refractivity contribution is 7.80. The number of carbonyl (C=O) groups excluding carboxylic acids is 2. The van der Waals surface area contributed by atoms with Gasteiger partial charge in [0, 0.05) is 13.1 Å². The van der Waals surface area contributed by atoms with E-state index in [0.29, 0.717) is 0 Å². The van der Waals surface area contributed by atoms with E-state index in [-0.39, 0.29) is 11.5 Å². The minimum atomic E-state index is -0.710. The van der Waals surface area contributed by atoms with Crippen molar-refractivity contribution >= 4 is 29.0 Å². The van der Waals surface area contributed by atoms with E-state index in [1.807, 2.05) is 0 Å². The minimum absolute atomic E-state index is 0.0432. The first-order valence-electron chi connectivity index (χ1n) is 5.21. The molecule has 0 aromatic rings. The van der Waals surface area contributed by atoms with Crippen molar-refractivity contribution < 1.29 is 9.59 Å². The molecule has 1 saturated heterocycles. The molecule has 1 aliphatic rings. The Morgan fingerprint density at radius 1 is 1.19 bits per heavy atom. The Morgan fingerprint density at radius 2 is 1.81 bits per heavy atom. The molecular weight excluding hydrogens is 228 g/mol. The maximum atomic E-state index is 11.4. The third-order valence-corrected chi connectivity index (χ3v) is 2.39. The van der Waals surface area contributed by atoms with E-state index in [1.165, 1.54) is 6.42 Å². The van der Waals surface area contributed by atoms with Crippen LogP contribution >= 0.6 is 12.2 Å². The van der Waals surface area contributed by atoms with E-state index in [9.17, 15) is 9.59 Å². The number of nitrogens with one attached hydrogen (secondary N) is 2. The Balaban J connectivity index is 2.27. The first kappa shape index (κ1) is 12.9. The zero-order valence-corrected chi connectivity index (χ0v) is 9.81. The van der Waals surface area contributed by atoms with Crippen LogP contribution in [-0.4, -0.2) is 41.4 Å². The van der Waals surface area contributed by atoms with Crippen LogP contribution < -0.4 is 16.5 Å². The van der Waals surface area contributed by atoms with E-state index >= 15 is 0 Å². The van der Waals surface area contributed by atoms with Gasteiger partial charge in [-0.2, -0.15) is 0 Å². The molecule has 1 aliphatic heterocycles. The number of hydrogen-bond donors (Lipinski definition) is 3. The van der Waals surface area contributed by atoms with Gasteiger partial charge in [0.1, 0.15) is 0 Å². The summed E-state index contributed by atoms with van der Waals surface area (Å²) in [5.74, 6) is -1.38. The van der Waals surface area contributed by atoms with Crippen molar-refractivity contribution in [3.8, 4) is 0 Å². The predicted octanol–water partition coefficient (Wildman–Crippen LogP) is -1.09. The van der Waals surface area contributed by atoms with Gasteiger partial charge in [-0.05, 0) is 12.8 Å². The third kappa shape index (κ3) is 4.54. The van der Waals surface area contributed by atoms with Crippen molar-refractivity contribution in [3.63, 3.8) is 0 Å². The fourth-order valence-corrected chi connectivity index (χ4v) is 1.52. The lowest BCUT2D eigenvalue weighted by molar-refractivity contribution is -0.142. The number of rotatable bonds is 3. The number of hydrazine groups is 1. The maximum Gasteiger partial charge on any atom is 0.323 e. The standard InChI is InChI=1S/C9H16N4O2S/c10-7(16)6-11-8(14)9(15)12-13-4-2-1-3-5-13/h1-6H2,(H2,10,16)(H,11,14)(H,12,15). The molecule has 7 heteroatoms. The van der Waals surface area contributed by atoms with Gasteiger partial charge in [0.05, 0.1) is 11.5 Å². The van der Waals surface area contributed by atoms with Crippen LogP contribution in [0.3, 0.4) is 0 Å². The van der Waals surface area contributed by atoms with Crippen LogP contribution in [0.25, 0.3) is 0 Å². The number of nitrogens with two attached hydrogens (primary N) is 1. The zero-order chi connectivity index (χ0) is 12.0. The van der Waals surface area contributed by atoms with Gasteiger partial charge in [-0.15, -0.1) is 0 Å². The molecule has 1 heterocycles. The van der Waals surface area contributed by atoms with Gasteiger partial charge in [0.15, 0.2) is 0 Å². The van der Waals surface area contributed by atoms with Gasteiger partial charge in [-0.1, -0.05) is 18.6 Å². The van der Waals surface area contributed by atoms with E-state index in [2.05, 4.69) is 23.0 Å². The summed E-state index contributed by atoms with van der Waals surface area (Å²) in [6.45, 7) is 1.62. The lowest BCUT2D eigenvalue weighted by Gasteiger charge is -2.26. The lowest BCUT2D eigenvalue weighted by Crippen LogP contribution is -2.51. The van der Waals surface area contributed by atoms with Crippen molar-refractivity contribution in [2.24, 2.45) is 5.73 Å². The van der Waals surface area contributed by atoms with E-state index in [4.69, 9.17) is 5.73 Å². The van der Waals surface area contributed by atoms with Gasteiger partial charge in [-0.25, -0.2) is 5.01 Å². The summed E-state index contributed by atoms with van der Waals surface area (Å²) < 4.78 is 0. The van der Waals surface area contributed by atoms with Crippen molar-refractivity contribution in [2.45, 2.75) is 19.3 Å². The second kappa shape index (κ2) is 6.39. The van der Waals surface area contributed by atoms with Gasteiger partial charge in [0.25, 0.3) is 0 Å². The van der Waals surface area contributed by atoms with Gasteiger partial charge < -0.3 is 11.1 Å². The smallest absolute Gasteiger partial charge is 0.323 e. The summed E-state index contributed by atoms with van der Waals surface area (Å²) in [5.41, 5.74) is 7.74. The number of piperidine rings is 1. The molecule has 0 saturated carbocycles. The molecule has 90 valence electrons. The SMILES string of the molecule is NC(=S)CNC(=O)C(=O)NN1CCCCC1. The fourth-order valence-electron chi connectivity index (χ4n) is 1.45. The second-order valence-electron chi connectivity index (χ2n) is 3.64. The first-order valence-corrected chi connectivity index (χ1v) is 5.62. The quantitative estimate of drug-likeness (QED) is 0.433. The van der Waals surface area contributed by atoms with E-state index in [1.54, 1.807) is 5.01 Å². The Hall–Kier alpha value is -1.21. The van der Waals surface area contributed by atoms with Crippen molar-refractivity contribution in [1.82, 2.24) is 15.8 Å². The van der Waals surface area contributed by atoms with Crippen molar-refractivity contribution in [2.75, 3.05) is 19.6 Å². The molecule has 1 fully saturated rings. The first-order chi connectivity index (χ1) is 7.59. The topological polar surface area (TPSA) is 87.5 Å². The number of nitrogens with zero attached hydrogens (tertiary/aromatic N) is 1. The molecule has 0 atom stereocenters. The highest BCUT2D eigenvalue weighted by Crippen LogP contribution is 2.05. The Bertz CT molecular complexity index is 289. The van der Waals surface area contributed by atoms with Crippen LogP contribution in [0.1, 0.15) is 19.3 Å². The molecule has 0 aromatic carbocycles. The molecule has 4 N–H and O–H groups in total. The van der Waals surface area contributed by atoms with Crippen LogP contribution in [0.15, 0.2) is 0 Å². The van der Waals surface area contributed by atoms with Gasteiger partial charge in [0.2, 0.25) is 0 Å². The van der Waals surface area contributed by atoms with Gasteiger partial charge >= 0.3 is 11.8 Å². The molecule has 16 heavy (non-hydrogen) atoms. The Labute approximate surface area is 99.5 Å². The van der Waals surface area contributed by atoms with Crippen molar-refractivity contribution in [3.05, 3.63) is 0 Å². The molecule has 1 rings (SSSR count). The second-order valence-corrected chi connectivity index (χ2v) is 4.16. The number of carbonyl (C=O) groups is 2. The molecule has 2 amide bonds. The highest BCUT2D eigenvalue weighted by Gasteiger charge is 2.18. The number of hydrogen-bond acceptors (Lipinski definition) is 4. The molecule has 6 nitrogen and oxygen atoms in total. The zero-order valence-electron chi connectivity index (χ0n) is 8.99. The molecule has 0 spiro atoms. The molecule has 0 unspecified atom stereocenters. The van der Waals surface area contributed by atoms with Crippen LogP contribution in [0, 0.1) is 0 Å². The number of thiocarbonyl (C=S) groups is 1. The van der Waals surface area contributed by atoms with E-state index in [0.717, 1.165) is 25.9 Å². The molecule has 0 aliphatic carbocycles. The van der Waals surface area contributed by atoms with Crippen LogP contribution in [0.2, 0.25) is 0 Å². The maximum absolute atomic E-state index is 11.4. The summed E-state index contributed by atoms with van der Waals surface area (Å²) in [5, 5.41) is 4.08. The largest absolute Gasteiger partial charge is 0.392 e. The van der Waals surface area contributed by atoms with Gasteiger partial charge in [-0.3, -0.25) is 15.0 Å². The van der Waals surface area contributed by atoms with Crippen LogP contribution in [0.4, 0.5) is 0 Å². The van der Waals surface area contributed by atoms with Crippen molar-refractivity contribution in [1.29, 1.82) is 0 Å². The van der Waals surface area contributed by atoms with E-state index < -0.39 is 11.8 Å². The normalized spacial score (nSPS) is 16.5. The predicted molar refractivity (Wildman–Crippen MR) is 63.4 cm³/mol. The third-order valence-electron chi connectivity index (χ3n) is 2.25. The van der Waals surface area contributed by atoms with Crippen LogP contribution in [0.5, 0.6) is 0 Å². The van der Waals surface area contributed by atoms with Crippen LogP contribution in [-0.2, 0) is 9.59 Å². The average Bonchev–Trinajstić information content (AvgIpc) is 2.27. The summed E-state index contributed by atoms with van der Waals surface area (Å²) in [6, 6.07) is 0. The molecule has 0 radical (unpaired) electrons. The Kier molecular flexibility index (Phi) is 5.13. The average molecular weight is 244 g/mol. The number of amides is 2. The summed E-state index contributed by atoms with van der Waals surface area (Å²) in [4.78, 5) is 22.8. The highest BCUT2D eigenvalue weighted by atomic mass is 32.1. The monoisotopic (exact) mass is 244 g/mol. The molecular formula is C9H16N4O2S. The summed E-state index contributed by atoms with van der Waals surface area (Å²) >= 11 is 4.58. The summed E-state index contributed by atoms with van der Waals surface area (Å²) in [7, 11) is 0. The Morgan fingerprint density at radius 3 is 2.38 bits per heavy atom. The summed E-state index contributed by atoms with van der Waals surface area (Å²) in [6.07, 6.45) is 3.24.